The van der Waals surface area contributed by atoms with Crippen LogP contribution in [0.15, 0.2) is 47.4 Å². The Morgan fingerprint density at radius 3 is 2.41 bits per heavy atom. The molecule has 0 aliphatic rings. The number of benzene rings is 2. The average molecular weight is 476 g/mol. The van der Waals surface area contributed by atoms with Crippen molar-refractivity contribution < 1.29 is 24.2 Å². The molecule has 32 heavy (non-hydrogen) atoms. The second-order valence-electron chi connectivity index (χ2n) is 8.11. The van der Waals surface area contributed by atoms with Crippen molar-refractivity contribution in [1.29, 1.82) is 0 Å². The van der Waals surface area contributed by atoms with Crippen LogP contribution in [0.25, 0.3) is 10.9 Å². The monoisotopic (exact) mass is 475 g/mol. The normalized spacial score (nSPS) is 11.5. The molecule has 6 nitrogen and oxygen atoms in total. The third-order valence-corrected chi connectivity index (χ3v) is 6.64. The maximum atomic E-state index is 12.5. The molecule has 0 spiro atoms. The maximum absolute atomic E-state index is 12.5. The molecule has 0 fully saturated rings. The molecule has 0 amide bonds. The van der Waals surface area contributed by atoms with E-state index in [4.69, 9.17) is 21.1 Å². The molecule has 8 heteroatoms. The number of carbonyl (C=O) groups is 2. The van der Waals surface area contributed by atoms with E-state index in [0.717, 1.165) is 27.1 Å². The molecule has 0 saturated heterocycles. The number of fused-ring (bicyclic) bond motifs is 1. The Morgan fingerprint density at radius 2 is 1.78 bits per heavy atom. The summed E-state index contributed by atoms with van der Waals surface area (Å²) in [4.78, 5) is 25.2. The number of rotatable bonds is 8. The number of phenolic OH excluding ortho intramolecular Hbond substituents is 1. The average Bonchev–Trinajstić information content (AvgIpc) is 3.03. The number of carbonyl (C=O) groups excluding carboxylic acids is 2. The van der Waals surface area contributed by atoms with Gasteiger partial charge in [-0.15, -0.1) is 11.8 Å². The Morgan fingerprint density at radius 1 is 1.09 bits per heavy atom. The van der Waals surface area contributed by atoms with Gasteiger partial charge in [-0.25, -0.2) is 0 Å². The lowest BCUT2D eigenvalue weighted by Crippen LogP contribution is -2.29. The molecule has 0 aliphatic heterocycles. The fraction of sp³-hybridized carbons (Fsp3) is 0.333. The van der Waals surface area contributed by atoms with Crippen LogP contribution in [0.3, 0.4) is 0 Å². The molecule has 1 aromatic heterocycles. The number of aromatic hydroxyl groups is 1. The number of aromatic nitrogens is 1. The number of nitrogens with zero attached hydrogens (tertiary/aromatic N) is 1. The lowest BCUT2D eigenvalue weighted by Gasteiger charge is -2.23. The topological polar surface area (TPSA) is 77.8 Å². The lowest BCUT2D eigenvalue weighted by atomic mass is 9.87. The highest BCUT2D eigenvalue weighted by Gasteiger charge is 2.33. The zero-order chi connectivity index (χ0) is 23.5. The minimum atomic E-state index is -0.802. The zero-order valence-electron chi connectivity index (χ0n) is 18.5. The quantitative estimate of drug-likeness (QED) is 0.362. The third-order valence-electron chi connectivity index (χ3n) is 5.27. The van der Waals surface area contributed by atoms with E-state index in [2.05, 4.69) is 4.57 Å². The number of methoxy groups -OCH3 is 2. The standard InChI is InChI=1S/C24H26ClNO5S/c1-24(2,23(29)31-4)12-20-22(32-14-21(28)30-3)18-11-17(27)9-10-19(18)26(20)13-15-5-7-16(25)8-6-15/h5-11,27H,12-14H2,1-4H3. The van der Waals surface area contributed by atoms with Crippen molar-refractivity contribution in [3.63, 3.8) is 0 Å². The number of ether oxygens (including phenoxy) is 2. The molecular weight excluding hydrogens is 450 g/mol. The number of hydrogen-bond acceptors (Lipinski definition) is 6. The Bertz CT molecular complexity index is 1140. The molecule has 3 rings (SSSR count). The van der Waals surface area contributed by atoms with Gasteiger partial charge in [0.25, 0.3) is 0 Å². The molecule has 170 valence electrons. The molecule has 2 aromatic carbocycles. The number of esters is 2. The van der Waals surface area contributed by atoms with Gasteiger partial charge in [-0.2, -0.15) is 0 Å². The second-order valence-corrected chi connectivity index (χ2v) is 9.53. The fourth-order valence-electron chi connectivity index (χ4n) is 3.61. The SMILES string of the molecule is COC(=O)CSc1c(CC(C)(C)C(=O)OC)n(Cc2ccc(Cl)cc2)c2ccc(O)cc12. The minimum absolute atomic E-state index is 0.109. The summed E-state index contributed by atoms with van der Waals surface area (Å²) >= 11 is 7.38. The van der Waals surface area contributed by atoms with E-state index in [1.165, 1.54) is 26.0 Å². The first-order chi connectivity index (χ1) is 15.2. The largest absolute Gasteiger partial charge is 0.508 e. The molecule has 0 unspecified atom stereocenters. The van der Waals surface area contributed by atoms with Crippen molar-refractivity contribution in [2.45, 2.75) is 31.7 Å². The van der Waals surface area contributed by atoms with Crippen LogP contribution >= 0.6 is 23.4 Å². The van der Waals surface area contributed by atoms with E-state index >= 15 is 0 Å². The summed E-state index contributed by atoms with van der Waals surface area (Å²) in [5.41, 5.74) is 2.00. The maximum Gasteiger partial charge on any atom is 0.315 e. The van der Waals surface area contributed by atoms with Gasteiger partial charge in [0.05, 0.1) is 25.4 Å². The first-order valence-electron chi connectivity index (χ1n) is 10.0. The van der Waals surface area contributed by atoms with Crippen molar-refractivity contribution in [2.24, 2.45) is 5.41 Å². The number of phenols is 1. The predicted molar refractivity (Wildman–Crippen MR) is 126 cm³/mol. The molecule has 3 aromatic rings. The highest BCUT2D eigenvalue weighted by molar-refractivity contribution is 8.00. The Hall–Kier alpha value is -2.64. The van der Waals surface area contributed by atoms with Crippen LogP contribution < -0.4 is 0 Å². The van der Waals surface area contributed by atoms with Crippen LogP contribution in [0.2, 0.25) is 5.02 Å². The minimum Gasteiger partial charge on any atom is -0.508 e. The molecular formula is C24H26ClNO5S. The summed E-state index contributed by atoms with van der Waals surface area (Å²) < 4.78 is 12.0. The Balaban J connectivity index is 2.19. The number of halogens is 1. The number of thioether (sulfide) groups is 1. The third kappa shape index (κ3) is 5.22. The van der Waals surface area contributed by atoms with Crippen molar-refractivity contribution in [2.75, 3.05) is 20.0 Å². The summed E-state index contributed by atoms with van der Waals surface area (Å²) in [5, 5.41) is 11.6. The lowest BCUT2D eigenvalue weighted by molar-refractivity contribution is -0.150. The van der Waals surface area contributed by atoms with Gasteiger partial charge in [0, 0.05) is 39.5 Å². The summed E-state index contributed by atoms with van der Waals surface area (Å²) in [7, 11) is 2.72. The highest BCUT2D eigenvalue weighted by Crippen LogP contribution is 2.40. The van der Waals surface area contributed by atoms with Gasteiger partial charge in [0.15, 0.2) is 0 Å². The summed E-state index contributed by atoms with van der Waals surface area (Å²) in [6.07, 6.45) is 0.381. The first kappa shape index (κ1) is 24.0. The van der Waals surface area contributed by atoms with Crippen LogP contribution in [0, 0.1) is 5.41 Å². The van der Waals surface area contributed by atoms with Crippen molar-refractivity contribution >= 4 is 46.2 Å². The van der Waals surface area contributed by atoms with Crippen LogP contribution in [0.4, 0.5) is 0 Å². The summed E-state index contributed by atoms with van der Waals surface area (Å²) in [6, 6.07) is 12.7. The van der Waals surface area contributed by atoms with Gasteiger partial charge >= 0.3 is 11.9 Å². The van der Waals surface area contributed by atoms with Gasteiger partial charge in [0.2, 0.25) is 0 Å². The van der Waals surface area contributed by atoms with Crippen LogP contribution in [0.5, 0.6) is 5.75 Å². The number of hydrogen-bond donors (Lipinski definition) is 1. The van der Waals surface area contributed by atoms with Crippen molar-refractivity contribution in [3.05, 3.63) is 58.7 Å². The molecule has 0 saturated carbocycles. The van der Waals surface area contributed by atoms with E-state index in [1.54, 1.807) is 12.1 Å². The van der Waals surface area contributed by atoms with Gasteiger partial charge in [-0.05, 0) is 49.7 Å². The summed E-state index contributed by atoms with van der Waals surface area (Å²) in [5.74, 6) is -0.447. The smallest absolute Gasteiger partial charge is 0.315 e. The van der Waals surface area contributed by atoms with Gasteiger partial charge in [0.1, 0.15) is 5.75 Å². The van der Waals surface area contributed by atoms with Crippen LogP contribution in [-0.2, 0) is 32.0 Å². The Labute approximate surface area is 196 Å². The molecule has 0 bridgehead atoms. The van der Waals surface area contributed by atoms with Crippen molar-refractivity contribution in [3.8, 4) is 5.75 Å². The fourth-order valence-corrected chi connectivity index (χ4v) is 4.79. The summed E-state index contributed by atoms with van der Waals surface area (Å²) in [6.45, 7) is 4.19. The van der Waals surface area contributed by atoms with E-state index in [-0.39, 0.29) is 23.4 Å². The van der Waals surface area contributed by atoms with E-state index < -0.39 is 5.41 Å². The van der Waals surface area contributed by atoms with Crippen molar-refractivity contribution in [1.82, 2.24) is 4.57 Å². The molecule has 0 atom stereocenters. The molecule has 1 heterocycles. The Kier molecular flexibility index (Phi) is 7.41. The highest BCUT2D eigenvalue weighted by atomic mass is 35.5. The zero-order valence-corrected chi connectivity index (χ0v) is 20.0. The molecule has 0 aliphatic carbocycles. The van der Waals surface area contributed by atoms with Gasteiger partial charge in [-0.3, -0.25) is 9.59 Å². The second kappa shape index (κ2) is 9.88. The van der Waals surface area contributed by atoms with E-state index in [9.17, 15) is 14.7 Å². The predicted octanol–water partition coefficient (Wildman–Crippen LogP) is 5.06. The molecule has 0 radical (unpaired) electrons. The van der Waals surface area contributed by atoms with Crippen LogP contribution in [-0.4, -0.2) is 41.6 Å². The first-order valence-corrected chi connectivity index (χ1v) is 11.4. The van der Waals surface area contributed by atoms with E-state index in [0.29, 0.717) is 18.0 Å². The van der Waals surface area contributed by atoms with Gasteiger partial charge in [-0.1, -0.05) is 23.7 Å². The van der Waals surface area contributed by atoms with E-state index in [1.807, 2.05) is 44.2 Å². The molecule has 1 N–H and O–H groups in total. The van der Waals surface area contributed by atoms with Gasteiger partial charge < -0.3 is 19.1 Å². The van der Waals surface area contributed by atoms with Crippen LogP contribution in [0.1, 0.15) is 25.1 Å².